The van der Waals surface area contributed by atoms with Crippen molar-refractivity contribution in [2.75, 3.05) is 59.0 Å². The number of rotatable bonds is 7. The first-order chi connectivity index (χ1) is 15.6. The summed E-state index contributed by atoms with van der Waals surface area (Å²) in [5, 5.41) is 13.3. The summed E-state index contributed by atoms with van der Waals surface area (Å²) >= 11 is 0. The minimum Gasteiger partial charge on any atom is -0.496 e. The number of anilines is 1. The summed E-state index contributed by atoms with van der Waals surface area (Å²) in [4.78, 5) is 17.0. The molecule has 8 heteroatoms. The Balaban J connectivity index is 1.56. The Kier molecular flexibility index (Phi) is 6.72. The first-order valence-corrected chi connectivity index (χ1v) is 10.8. The van der Waals surface area contributed by atoms with Crippen molar-refractivity contribution in [3.8, 4) is 28.3 Å². The molecule has 1 amide bonds. The molecule has 0 spiro atoms. The van der Waals surface area contributed by atoms with Crippen molar-refractivity contribution in [3.05, 3.63) is 54.1 Å². The summed E-state index contributed by atoms with van der Waals surface area (Å²) in [6.45, 7) is 4.54. The second kappa shape index (κ2) is 9.84. The summed E-state index contributed by atoms with van der Waals surface area (Å²) in [7, 11) is 5.63. The van der Waals surface area contributed by atoms with Crippen molar-refractivity contribution in [3.63, 3.8) is 0 Å². The normalized spacial score (nSPS) is 14.4. The van der Waals surface area contributed by atoms with Crippen LogP contribution in [0.15, 0.2) is 48.5 Å². The standard InChI is InChI=1S/C24H30N6O2/c1-25-16-26-24(31)18-6-4-5-17(13-18)21-15-22(28-27-21)20-8-7-19(14-23(20)32-3)30-11-9-29(2)10-12-30/h4-8,13-15,25H,9-12,16H2,1-3H3,(H,26,31)(H,27,28). The highest BCUT2D eigenvalue weighted by atomic mass is 16.5. The van der Waals surface area contributed by atoms with Gasteiger partial charge in [-0.05, 0) is 44.4 Å². The van der Waals surface area contributed by atoms with E-state index in [1.807, 2.05) is 24.3 Å². The van der Waals surface area contributed by atoms with Gasteiger partial charge in [-0.1, -0.05) is 12.1 Å². The van der Waals surface area contributed by atoms with E-state index in [2.05, 4.69) is 55.9 Å². The van der Waals surface area contributed by atoms with E-state index < -0.39 is 0 Å². The zero-order valence-electron chi connectivity index (χ0n) is 18.8. The fourth-order valence-electron chi connectivity index (χ4n) is 3.86. The number of nitrogens with zero attached hydrogens (tertiary/aromatic N) is 3. The van der Waals surface area contributed by atoms with Crippen LogP contribution in [0.3, 0.4) is 0 Å². The zero-order valence-corrected chi connectivity index (χ0v) is 18.8. The molecule has 0 unspecified atom stereocenters. The molecule has 1 saturated heterocycles. The molecule has 1 fully saturated rings. The van der Waals surface area contributed by atoms with Crippen molar-refractivity contribution in [2.24, 2.45) is 0 Å². The smallest absolute Gasteiger partial charge is 0.252 e. The van der Waals surface area contributed by atoms with Gasteiger partial charge < -0.3 is 25.2 Å². The maximum absolute atomic E-state index is 12.3. The number of nitrogens with one attached hydrogen (secondary N) is 3. The van der Waals surface area contributed by atoms with Crippen LogP contribution in [0.1, 0.15) is 10.4 Å². The molecule has 8 nitrogen and oxygen atoms in total. The van der Waals surface area contributed by atoms with Crippen LogP contribution in [0.4, 0.5) is 5.69 Å². The molecule has 168 valence electrons. The average Bonchev–Trinajstić information content (AvgIpc) is 3.33. The fraction of sp³-hybridized carbons (Fsp3) is 0.333. The van der Waals surface area contributed by atoms with Crippen LogP contribution in [0, 0.1) is 0 Å². The van der Waals surface area contributed by atoms with Gasteiger partial charge in [0.1, 0.15) is 5.75 Å². The number of hydrogen-bond donors (Lipinski definition) is 3. The second-order valence-electron chi connectivity index (χ2n) is 7.96. The lowest BCUT2D eigenvalue weighted by molar-refractivity contribution is 0.0951. The average molecular weight is 435 g/mol. The monoisotopic (exact) mass is 434 g/mol. The van der Waals surface area contributed by atoms with Crippen molar-refractivity contribution in [1.29, 1.82) is 0 Å². The van der Waals surface area contributed by atoms with Gasteiger partial charge in [0.05, 0.1) is 25.2 Å². The number of carbonyl (C=O) groups excluding carboxylic acids is 1. The van der Waals surface area contributed by atoms with Gasteiger partial charge in [-0.2, -0.15) is 5.10 Å². The van der Waals surface area contributed by atoms with Gasteiger partial charge in [0.25, 0.3) is 5.91 Å². The SMILES string of the molecule is CNCNC(=O)c1cccc(-c2cc(-c3ccc(N4CCN(C)CC4)cc3OC)[nH]n2)c1. The molecule has 0 aliphatic carbocycles. The van der Waals surface area contributed by atoms with Crippen LogP contribution in [0.5, 0.6) is 5.75 Å². The van der Waals surface area contributed by atoms with Crippen LogP contribution in [-0.2, 0) is 0 Å². The Morgan fingerprint density at radius 3 is 2.69 bits per heavy atom. The van der Waals surface area contributed by atoms with E-state index in [0.29, 0.717) is 12.2 Å². The Bertz CT molecular complexity index is 1070. The number of amides is 1. The van der Waals surface area contributed by atoms with E-state index >= 15 is 0 Å². The van der Waals surface area contributed by atoms with E-state index in [1.165, 1.54) is 5.69 Å². The molecular weight excluding hydrogens is 404 g/mol. The number of ether oxygens (including phenoxy) is 1. The lowest BCUT2D eigenvalue weighted by Crippen LogP contribution is -2.44. The summed E-state index contributed by atoms with van der Waals surface area (Å²) in [5.74, 6) is 0.676. The third-order valence-electron chi connectivity index (χ3n) is 5.77. The molecule has 1 aliphatic rings. The van der Waals surface area contributed by atoms with Gasteiger partial charge in [-0.3, -0.25) is 9.89 Å². The Hall–Kier alpha value is -3.36. The lowest BCUT2D eigenvalue weighted by Gasteiger charge is -2.34. The largest absolute Gasteiger partial charge is 0.496 e. The van der Waals surface area contributed by atoms with Gasteiger partial charge in [-0.25, -0.2) is 0 Å². The molecule has 1 aliphatic heterocycles. The molecule has 3 N–H and O–H groups in total. The number of methoxy groups -OCH3 is 1. The van der Waals surface area contributed by atoms with Crippen LogP contribution in [-0.4, -0.2) is 75.1 Å². The van der Waals surface area contributed by atoms with E-state index in [9.17, 15) is 4.79 Å². The molecule has 32 heavy (non-hydrogen) atoms. The molecule has 0 radical (unpaired) electrons. The number of benzene rings is 2. The number of aromatic nitrogens is 2. The van der Waals surface area contributed by atoms with E-state index in [0.717, 1.165) is 54.4 Å². The summed E-state index contributed by atoms with van der Waals surface area (Å²) in [6, 6.07) is 15.7. The third kappa shape index (κ3) is 4.76. The van der Waals surface area contributed by atoms with Gasteiger partial charge in [-0.15, -0.1) is 0 Å². The summed E-state index contributed by atoms with van der Waals surface area (Å²) in [5.41, 5.74) is 5.22. The number of hydrogen-bond acceptors (Lipinski definition) is 6. The topological polar surface area (TPSA) is 85.5 Å². The van der Waals surface area contributed by atoms with Crippen LogP contribution in [0.25, 0.3) is 22.5 Å². The van der Waals surface area contributed by atoms with Crippen molar-refractivity contribution in [1.82, 2.24) is 25.7 Å². The van der Waals surface area contributed by atoms with Crippen LogP contribution < -0.4 is 20.3 Å². The zero-order chi connectivity index (χ0) is 22.5. The number of likely N-dealkylation sites (N-methyl/N-ethyl adjacent to an activating group) is 1. The van der Waals surface area contributed by atoms with Crippen LogP contribution in [0.2, 0.25) is 0 Å². The molecule has 2 heterocycles. The van der Waals surface area contributed by atoms with E-state index in [1.54, 1.807) is 20.2 Å². The molecule has 4 rings (SSSR count). The molecule has 3 aromatic rings. The molecule has 1 aromatic heterocycles. The number of piperazine rings is 1. The lowest BCUT2D eigenvalue weighted by atomic mass is 10.1. The Labute approximate surface area is 188 Å². The fourth-order valence-corrected chi connectivity index (χ4v) is 3.86. The molecule has 2 aromatic carbocycles. The quantitative estimate of drug-likeness (QED) is 0.495. The predicted octanol–water partition coefficient (Wildman–Crippen LogP) is 2.41. The summed E-state index contributed by atoms with van der Waals surface area (Å²) < 4.78 is 5.71. The minimum absolute atomic E-state index is 0.127. The predicted molar refractivity (Wildman–Crippen MR) is 127 cm³/mol. The van der Waals surface area contributed by atoms with Gasteiger partial charge in [0.15, 0.2) is 0 Å². The van der Waals surface area contributed by atoms with Gasteiger partial charge in [0, 0.05) is 54.6 Å². The van der Waals surface area contributed by atoms with Gasteiger partial charge >= 0.3 is 0 Å². The van der Waals surface area contributed by atoms with Crippen molar-refractivity contribution in [2.45, 2.75) is 0 Å². The first-order valence-electron chi connectivity index (χ1n) is 10.8. The highest BCUT2D eigenvalue weighted by molar-refractivity contribution is 5.95. The molecule has 0 bridgehead atoms. The third-order valence-corrected chi connectivity index (χ3v) is 5.77. The van der Waals surface area contributed by atoms with E-state index in [-0.39, 0.29) is 5.91 Å². The number of carbonyl (C=O) groups is 1. The van der Waals surface area contributed by atoms with E-state index in [4.69, 9.17) is 4.74 Å². The first kappa shape index (κ1) is 21.9. The summed E-state index contributed by atoms with van der Waals surface area (Å²) in [6.07, 6.45) is 0. The molecular formula is C24H30N6O2. The Morgan fingerprint density at radius 2 is 1.94 bits per heavy atom. The van der Waals surface area contributed by atoms with Gasteiger partial charge in [0.2, 0.25) is 0 Å². The maximum Gasteiger partial charge on any atom is 0.252 e. The molecule has 0 saturated carbocycles. The highest BCUT2D eigenvalue weighted by Gasteiger charge is 2.17. The van der Waals surface area contributed by atoms with Crippen molar-refractivity contribution < 1.29 is 9.53 Å². The maximum atomic E-state index is 12.3. The number of H-pyrrole nitrogens is 1. The second-order valence-corrected chi connectivity index (χ2v) is 7.96. The highest BCUT2D eigenvalue weighted by Crippen LogP contribution is 2.34. The molecule has 0 atom stereocenters. The van der Waals surface area contributed by atoms with Crippen molar-refractivity contribution >= 4 is 11.6 Å². The minimum atomic E-state index is -0.127. The number of aromatic amines is 1. The van der Waals surface area contributed by atoms with Crippen LogP contribution >= 0.6 is 0 Å². The Morgan fingerprint density at radius 1 is 1.12 bits per heavy atom.